The summed E-state index contributed by atoms with van der Waals surface area (Å²) in [5, 5.41) is 3.04. The van der Waals surface area contributed by atoms with Gasteiger partial charge in [-0.15, -0.1) is 0 Å². The number of amides is 1. The summed E-state index contributed by atoms with van der Waals surface area (Å²) in [6.45, 7) is 1.34. The lowest BCUT2D eigenvalue weighted by molar-refractivity contribution is 0.0930. The van der Waals surface area contributed by atoms with Gasteiger partial charge < -0.3 is 10.1 Å². The number of benzene rings is 2. The number of nitrogens with one attached hydrogen (secondary N) is 1. The third kappa shape index (κ3) is 2.73. The summed E-state index contributed by atoms with van der Waals surface area (Å²) in [6.07, 6.45) is 0.888. The molecule has 1 atom stereocenters. The van der Waals surface area contributed by atoms with Crippen molar-refractivity contribution < 1.29 is 9.53 Å². The van der Waals surface area contributed by atoms with Crippen molar-refractivity contribution in [2.75, 3.05) is 13.2 Å². The molecule has 1 aliphatic rings. The first kappa shape index (κ1) is 12.9. The van der Waals surface area contributed by atoms with Crippen LogP contribution in [0.3, 0.4) is 0 Å². The van der Waals surface area contributed by atoms with Gasteiger partial charge in [0.1, 0.15) is 0 Å². The van der Waals surface area contributed by atoms with Crippen LogP contribution in [0.1, 0.15) is 16.8 Å². The molecule has 2 aromatic carbocycles. The van der Waals surface area contributed by atoms with E-state index in [1.807, 2.05) is 54.6 Å². The van der Waals surface area contributed by atoms with E-state index in [1.54, 1.807) is 0 Å². The largest absolute Gasteiger partial charge is 0.379 e. The Morgan fingerprint density at radius 2 is 1.80 bits per heavy atom. The average Bonchev–Trinajstić information content (AvgIpc) is 3.01. The molecule has 2 aromatic rings. The molecule has 0 aliphatic carbocycles. The van der Waals surface area contributed by atoms with Crippen molar-refractivity contribution in [3.05, 3.63) is 60.2 Å². The topological polar surface area (TPSA) is 38.3 Å². The Balaban J connectivity index is 1.87. The van der Waals surface area contributed by atoms with E-state index in [2.05, 4.69) is 5.32 Å². The maximum atomic E-state index is 12.4. The summed E-state index contributed by atoms with van der Waals surface area (Å²) in [5.74, 6) is -0.0278. The van der Waals surface area contributed by atoms with Gasteiger partial charge >= 0.3 is 0 Å². The predicted molar refractivity (Wildman–Crippen MR) is 78.6 cm³/mol. The molecule has 20 heavy (non-hydrogen) atoms. The molecule has 3 heteroatoms. The molecule has 1 amide bonds. The molecule has 3 rings (SSSR count). The fourth-order valence-electron chi connectivity index (χ4n) is 2.46. The molecule has 3 nitrogen and oxygen atoms in total. The molecule has 1 heterocycles. The highest BCUT2D eigenvalue weighted by Crippen LogP contribution is 2.23. The van der Waals surface area contributed by atoms with Gasteiger partial charge in [-0.1, -0.05) is 48.5 Å². The van der Waals surface area contributed by atoms with Crippen LogP contribution in [0, 0.1) is 0 Å². The minimum atomic E-state index is -0.0278. The fraction of sp³-hybridized carbons (Fsp3) is 0.235. The van der Waals surface area contributed by atoms with E-state index < -0.39 is 0 Å². The monoisotopic (exact) mass is 267 g/mol. The molecule has 1 N–H and O–H groups in total. The Hall–Kier alpha value is -2.13. The maximum Gasteiger partial charge on any atom is 0.252 e. The second-order valence-corrected chi connectivity index (χ2v) is 4.95. The van der Waals surface area contributed by atoms with Crippen molar-refractivity contribution >= 4 is 5.91 Å². The molecule has 0 saturated carbocycles. The van der Waals surface area contributed by atoms with Crippen molar-refractivity contribution in [1.82, 2.24) is 5.32 Å². The van der Waals surface area contributed by atoms with E-state index in [4.69, 9.17) is 4.74 Å². The lowest BCUT2D eigenvalue weighted by Gasteiger charge is -2.13. The molecule has 1 unspecified atom stereocenters. The number of carbonyl (C=O) groups is 1. The van der Waals surface area contributed by atoms with Gasteiger partial charge in [-0.3, -0.25) is 4.79 Å². The van der Waals surface area contributed by atoms with Crippen LogP contribution in [0.25, 0.3) is 11.1 Å². The summed E-state index contributed by atoms with van der Waals surface area (Å²) < 4.78 is 5.29. The van der Waals surface area contributed by atoms with Crippen LogP contribution in [0.4, 0.5) is 0 Å². The highest BCUT2D eigenvalue weighted by molar-refractivity contribution is 6.01. The summed E-state index contributed by atoms with van der Waals surface area (Å²) in [5.41, 5.74) is 2.73. The second-order valence-electron chi connectivity index (χ2n) is 4.95. The lowest BCUT2D eigenvalue weighted by atomic mass is 9.99. The van der Waals surface area contributed by atoms with Gasteiger partial charge in [0.15, 0.2) is 0 Å². The van der Waals surface area contributed by atoms with Crippen molar-refractivity contribution in [3.63, 3.8) is 0 Å². The second kappa shape index (κ2) is 5.88. The summed E-state index contributed by atoms with van der Waals surface area (Å²) in [7, 11) is 0. The minimum Gasteiger partial charge on any atom is -0.379 e. The zero-order valence-electron chi connectivity index (χ0n) is 11.2. The zero-order valence-corrected chi connectivity index (χ0v) is 11.2. The fourth-order valence-corrected chi connectivity index (χ4v) is 2.46. The van der Waals surface area contributed by atoms with Gasteiger partial charge in [-0.25, -0.2) is 0 Å². The number of hydrogen-bond donors (Lipinski definition) is 1. The minimum absolute atomic E-state index is 0.0278. The smallest absolute Gasteiger partial charge is 0.252 e. The number of rotatable bonds is 3. The summed E-state index contributed by atoms with van der Waals surface area (Å²) in [4.78, 5) is 12.4. The summed E-state index contributed by atoms with van der Waals surface area (Å²) in [6, 6.07) is 17.8. The number of ether oxygens (including phenoxy) is 1. The van der Waals surface area contributed by atoms with Gasteiger partial charge in [0, 0.05) is 12.2 Å². The van der Waals surface area contributed by atoms with Crippen LogP contribution in [0.15, 0.2) is 54.6 Å². The van der Waals surface area contributed by atoms with Gasteiger partial charge in [0.25, 0.3) is 5.91 Å². The Labute approximate surface area is 118 Å². The zero-order chi connectivity index (χ0) is 13.8. The van der Waals surface area contributed by atoms with E-state index in [1.165, 1.54) is 0 Å². The third-order valence-corrected chi connectivity index (χ3v) is 3.52. The average molecular weight is 267 g/mol. The SMILES string of the molecule is O=C(NC1CCOC1)c1ccccc1-c1ccccc1. The Morgan fingerprint density at radius 3 is 2.55 bits per heavy atom. The number of hydrogen-bond acceptors (Lipinski definition) is 2. The quantitative estimate of drug-likeness (QED) is 0.928. The molecule has 0 spiro atoms. The molecule has 0 radical (unpaired) electrons. The Bertz CT molecular complexity index is 589. The van der Waals surface area contributed by atoms with Crippen LogP contribution in [-0.2, 0) is 4.74 Å². The van der Waals surface area contributed by atoms with Crippen LogP contribution in [0.2, 0.25) is 0 Å². The molecule has 0 aromatic heterocycles. The van der Waals surface area contributed by atoms with Crippen molar-refractivity contribution in [1.29, 1.82) is 0 Å². The standard InChI is InChI=1S/C17H17NO2/c19-17(18-14-10-11-20-12-14)16-9-5-4-8-15(16)13-6-2-1-3-7-13/h1-9,14H,10-12H2,(H,18,19). The first-order valence-electron chi connectivity index (χ1n) is 6.87. The normalized spacial score (nSPS) is 17.9. The first-order chi connectivity index (χ1) is 9.84. The molecule has 0 bridgehead atoms. The summed E-state index contributed by atoms with van der Waals surface area (Å²) >= 11 is 0. The van der Waals surface area contributed by atoms with Gasteiger partial charge in [-0.05, 0) is 23.6 Å². The predicted octanol–water partition coefficient (Wildman–Crippen LogP) is 2.87. The third-order valence-electron chi connectivity index (χ3n) is 3.52. The maximum absolute atomic E-state index is 12.4. The number of carbonyl (C=O) groups excluding carboxylic acids is 1. The Kier molecular flexibility index (Phi) is 3.79. The van der Waals surface area contributed by atoms with Crippen LogP contribution < -0.4 is 5.32 Å². The molecule has 1 aliphatic heterocycles. The highest BCUT2D eigenvalue weighted by atomic mass is 16.5. The van der Waals surface area contributed by atoms with Gasteiger partial charge in [-0.2, -0.15) is 0 Å². The van der Waals surface area contributed by atoms with Crippen molar-refractivity contribution in [2.45, 2.75) is 12.5 Å². The highest BCUT2D eigenvalue weighted by Gasteiger charge is 2.20. The van der Waals surface area contributed by atoms with Gasteiger partial charge in [0.2, 0.25) is 0 Å². The Morgan fingerprint density at radius 1 is 1.05 bits per heavy atom. The molecule has 1 saturated heterocycles. The van der Waals surface area contributed by atoms with E-state index in [9.17, 15) is 4.79 Å². The molecular weight excluding hydrogens is 250 g/mol. The van der Waals surface area contributed by atoms with Crippen LogP contribution in [-0.4, -0.2) is 25.2 Å². The van der Waals surface area contributed by atoms with E-state index >= 15 is 0 Å². The molecule has 1 fully saturated rings. The van der Waals surface area contributed by atoms with E-state index in [0.29, 0.717) is 12.2 Å². The van der Waals surface area contributed by atoms with Crippen molar-refractivity contribution in [2.24, 2.45) is 0 Å². The van der Waals surface area contributed by atoms with Crippen LogP contribution in [0.5, 0.6) is 0 Å². The lowest BCUT2D eigenvalue weighted by Crippen LogP contribution is -2.35. The molecular formula is C17H17NO2. The van der Waals surface area contributed by atoms with E-state index in [-0.39, 0.29) is 11.9 Å². The van der Waals surface area contributed by atoms with Gasteiger partial charge in [0.05, 0.1) is 12.6 Å². The first-order valence-corrected chi connectivity index (χ1v) is 6.87. The van der Waals surface area contributed by atoms with E-state index in [0.717, 1.165) is 24.2 Å². The van der Waals surface area contributed by atoms with Crippen molar-refractivity contribution in [3.8, 4) is 11.1 Å². The van der Waals surface area contributed by atoms with Crippen LogP contribution >= 0.6 is 0 Å². The molecule has 102 valence electrons.